The molecule has 1 heterocycles. The average molecular weight is 273 g/mol. The fourth-order valence-electron chi connectivity index (χ4n) is 2.36. The van der Waals surface area contributed by atoms with Crippen LogP contribution in [0.4, 0.5) is 5.69 Å². The summed E-state index contributed by atoms with van der Waals surface area (Å²) in [6.07, 6.45) is 0.333. The first-order chi connectivity index (χ1) is 9.54. The summed E-state index contributed by atoms with van der Waals surface area (Å²) in [5.74, 6) is -0.656. The van der Waals surface area contributed by atoms with Gasteiger partial charge in [-0.3, -0.25) is 4.79 Å². The molecule has 0 amide bonds. The molecule has 0 fully saturated rings. The molecule has 0 saturated heterocycles. The van der Waals surface area contributed by atoms with E-state index in [1.165, 1.54) is 5.56 Å². The van der Waals surface area contributed by atoms with Crippen LogP contribution in [0.3, 0.4) is 0 Å². The third-order valence-corrected chi connectivity index (χ3v) is 3.43. The van der Waals surface area contributed by atoms with E-state index in [0.29, 0.717) is 18.7 Å². The van der Waals surface area contributed by atoms with Gasteiger partial charge in [0.25, 0.3) is 0 Å². The van der Waals surface area contributed by atoms with Crippen molar-refractivity contribution in [3.05, 3.63) is 41.1 Å². The molecule has 0 atom stereocenters. The van der Waals surface area contributed by atoms with Crippen LogP contribution in [-0.2, 0) is 14.3 Å². The van der Waals surface area contributed by atoms with E-state index in [-0.39, 0.29) is 18.0 Å². The summed E-state index contributed by atoms with van der Waals surface area (Å²) in [5.41, 5.74) is 3.01. The van der Waals surface area contributed by atoms with E-state index >= 15 is 0 Å². The highest BCUT2D eigenvalue weighted by Crippen LogP contribution is 2.27. The Hall–Kier alpha value is -2.10. The molecule has 0 unspecified atom stereocenters. The average Bonchev–Trinajstić information content (AvgIpc) is 2.41. The quantitative estimate of drug-likeness (QED) is 0.627. The number of anilines is 1. The van der Waals surface area contributed by atoms with Crippen LogP contribution in [0.1, 0.15) is 25.8 Å². The molecule has 1 aliphatic heterocycles. The van der Waals surface area contributed by atoms with Crippen molar-refractivity contribution in [2.75, 3.05) is 18.1 Å². The maximum Gasteiger partial charge on any atom is 0.343 e. The van der Waals surface area contributed by atoms with Gasteiger partial charge in [-0.1, -0.05) is 17.7 Å². The van der Waals surface area contributed by atoms with Crippen molar-refractivity contribution in [2.45, 2.75) is 27.2 Å². The highest BCUT2D eigenvalue weighted by atomic mass is 16.5. The van der Waals surface area contributed by atoms with E-state index < -0.39 is 5.97 Å². The first-order valence-corrected chi connectivity index (χ1v) is 6.80. The maximum atomic E-state index is 12.0. The molecule has 20 heavy (non-hydrogen) atoms. The zero-order valence-corrected chi connectivity index (χ0v) is 12.1. The van der Waals surface area contributed by atoms with Gasteiger partial charge in [-0.25, -0.2) is 4.79 Å². The van der Waals surface area contributed by atoms with Gasteiger partial charge in [0.15, 0.2) is 5.78 Å². The van der Waals surface area contributed by atoms with Crippen LogP contribution in [0.5, 0.6) is 0 Å². The van der Waals surface area contributed by atoms with E-state index in [4.69, 9.17) is 4.74 Å². The van der Waals surface area contributed by atoms with Crippen molar-refractivity contribution in [1.29, 1.82) is 0 Å². The van der Waals surface area contributed by atoms with Gasteiger partial charge in [0.05, 0.1) is 6.61 Å². The topological polar surface area (TPSA) is 46.6 Å². The molecular weight excluding hydrogens is 254 g/mol. The van der Waals surface area contributed by atoms with E-state index in [9.17, 15) is 9.59 Å². The Morgan fingerprint density at radius 1 is 1.25 bits per heavy atom. The number of nitrogens with zero attached hydrogens (tertiary/aromatic N) is 1. The van der Waals surface area contributed by atoms with Crippen molar-refractivity contribution in [3.8, 4) is 0 Å². The van der Waals surface area contributed by atoms with Crippen LogP contribution >= 0.6 is 0 Å². The van der Waals surface area contributed by atoms with Crippen LogP contribution in [0.25, 0.3) is 0 Å². The smallest absolute Gasteiger partial charge is 0.343 e. The fraction of sp³-hybridized carbons (Fsp3) is 0.375. The first kappa shape index (κ1) is 14.3. The lowest BCUT2D eigenvalue weighted by Gasteiger charge is -2.30. The second-order valence-electron chi connectivity index (χ2n) is 4.84. The number of allylic oxidation sites excluding steroid dienone is 1. The summed E-state index contributed by atoms with van der Waals surface area (Å²) in [6, 6.07) is 8.03. The second kappa shape index (κ2) is 5.90. The standard InChI is InChI=1S/C16H19NO3/c1-4-20-16(19)15-12(3)17(10-9-14(15)18)13-7-5-11(2)6-8-13/h5-8H,4,9-10H2,1-3H3. The van der Waals surface area contributed by atoms with Gasteiger partial charge in [0.2, 0.25) is 0 Å². The predicted octanol–water partition coefficient (Wildman–Crippen LogP) is 2.61. The minimum absolute atomic E-state index is 0.135. The molecule has 0 bridgehead atoms. The first-order valence-electron chi connectivity index (χ1n) is 6.80. The SMILES string of the molecule is CCOC(=O)C1=C(C)N(c2ccc(C)cc2)CCC1=O. The Bertz CT molecular complexity index is 558. The Labute approximate surface area is 119 Å². The molecule has 0 N–H and O–H groups in total. The van der Waals surface area contributed by atoms with Gasteiger partial charge in [-0.05, 0) is 32.9 Å². The fourth-order valence-corrected chi connectivity index (χ4v) is 2.36. The molecule has 0 saturated carbocycles. The number of ketones is 1. The minimum atomic E-state index is -0.521. The van der Waals surface area contributed by atoms with Crippen molar-refractivity contribution in [3.63, 3.8) is 0 Å². The molecule has 0 radical (unpaired) electrons. The highest BCUT2D eigenvalue weighted by molar-refractivity contribution is 6.19. The summed E-state index contributed by atoms with van der Waals surface area (Å²) in [6.45, 7) is 6.42. The molecule has 1 aromatic carbocycles. The van der Waals surface area contributed by atoms with Crippen molar-refractivity contribution in [2.24, 2.45) is 0 Å². The molecular formula is C16H19NO3. The number of carbonyl (C=O) groups excluding carboxylic acids is 2. The monoisotopic (exact) mass is 273 g/mol. The Morgan fingerprint density at radius 2 is 1.90 bits per heavy atom. The number of rotatable bonds is 3. The molecule has 1 aliphatic rings. The number of aryl methyl sites for hydroxylation is 1. The Balaban J connectivity index is 2.38. The molecule has 2 rings (SSSR count). The maximum absolute atomic E-state index is 12.0. The van der Waals surface area contributed by atoms with Gasteiger partial charge in [-0.2, -0.15) is 0 Å². The van der Waals surface area contributed by atoms with Gasteiger partial charge >= 0.3 is 5.97 Å². The lowest BCUT2D eigenvalue weighted by atomic mass is 10.0. The molecule has 0 aliphatic carbocycles. The number of carbonyl (C=O) groups is 2. The minimum Gasteiger partial charge on any atom is -0.462 e. The molecule has 106 valence electrons. The van der Waals surface area contributed by atoms with E-state index in [0.717, 1.165) is 5.69 Å². The third kappa shape index (κ3) is 2.74. The summed E-state index contributed by atoms with van der Waals surface area (Å²) >= 11 is 0. The van der Waals surface area contributed by atoms with Gasteiger partial charge < -0.3 is 9.64 Å². The number of benzene rings is 1. The Kier molecular flexibility index (Phi) is 4.23. The lowest BCUT2D eigenvalue weighted by Crippen LogP contribution is -2.35. The number of esters is 1. The van der Waals surface area contributed by atoms with E-state index in [1.54, 1.807) is 13.8 Å². The molecule has 0 spiro atoms. The van der Waals surface area contributed by atoms with E-state index in [1.807, 2.05) is 36.1 Å². The zero-order valence-electron chi connectivity index (χ0n) is 12.1. The van der Waals surface area contributed by atoms with Crippen LogP contribution in [0.15, 0.2) is 35.5 Å². The summed E-state index contributed by atoms with van der Waals surface area (Å²) in [4.78, 5) is 25.9. The Morgan fingerprint density at radius 3 is 2.50 bits per heavy atom. The summed E-state index contributed by atoms with van der Waals surface area (Å²) in [5, 5.41) is 0. The largest absolute Gasteiger partial charge is 0.462 e. The predicted molar refractivity (Wildman–Crippen MR) is 77.5 cm³/mol. The van der Waals surface area contributed by atoms with Crippen LogP contribution in [-0.4, -0.2) is 24.9 Å². The van der Waals surface area contributed by atoms with Crippen LogP contribution in [0.2, 0.25) is 0 Å². The molecule has 1 aromatic rings. The van der Waals surface area contributed by atoms with Crippen molar-refractivity contribution in [1.82, 2.24) is 0 Å². The number of hydrogen-bond acceptors (Lipinski definition) is 4. The van der Waals surface area contributed by atoms with Crippen molar-refractivity contribution >= 4 is 17.4 Å². The lowest BCUT2D eigenvalue weighted by molar-refractivity contribution is -0.140. The summed E-state index contributed by atoms with van der Waals surface area (Å²) in [7, 11) is 0. The van der Waals surface area contributed by atoms with Crippen molar-refractivity contribution < 1.29 is 14.3 Å². The normalized spacial score (nSPS) is 15.6. The van der Waals surface area contributed by atoms with E-state index in [2.05, 4.69) is 0 Å². The highest BCUT2D eigenvalue weighted by Gasteiger charge is 2.30. The van der Waals surface area contributed by atoms with Gasteiger partial charge in [-0.15, -0.1) is 0 Å². The number of Topliss-reactive ketones (excluding diaryl/α,β-unsaturated/α-hetero) is 1. The molecule has 4 heteroatoms. The van der Waals surface area contributed by atoms with Crippen LogP contribution in [0, 0.1) is 6.92 Å². The van der Waals surface area contributed by atoms with Crippen LogP contribution < -0.4 is 4.90 Å². The third-order valence-electron chi connectivity index (χ3n) is 3.43. The number of ether oxygens (including phenoxy) is 1. The number of hydrogen-bond donors (Lipinski definition) is 0. The molecule has 4 nitrogen and oxygen atoms in total. The van der Waals surface area contributed by atoms with Gasteiger partial charge in [0.1, 0.15) is 5.57 Å². The zero-order chi connectivity index (χ0) is 14.7. The molecule has 0 aromatic heterocycles. The second-order valence-corrected chi connectivity index (χ2v) is 4.84. The van der Waals surface area contributed by atoms with Gasteiger partial charge in [0, 0.05) is 24.4 Å². The summed E-state index contributed by atoms with van der Waals surface area (Å²) < 4.78 is 4.98.